The number of anilines is 2. The number of hydrogen-bond donors (Lipinski definition) is 3. The average molecular weight is 530 g/mol. The van der Waals surface area contributed by atoms with Gasteiger partial charge in [-0.25, -0.2) is 9.78 Å². The van der Waals surface area contributed by atoms with E-state index in [1.807, 2.05) is 73.0 Å². The third-order valence-corrected chi connectivity index (χ3v) is 7.16. The van der Waals surface area contributed by atoms with Gasteiger partial charge in [0.2, 0.25) is 11.8 Å². The molecule has 0 saturated heterocycles. The third-order valence-electron chi connectivity index (χ3n) is 5.15. The zero-order valence-electron chi connectivity index (χ0n) is 19.8. The van der Waals surface area contributed by atoms with E-state index < -0.39 is 17.1 Å². The molecule has 0 bridgehead atoms. The number of amides is 2. The van der Waals surface area contributed by atoms with Gasteiger partial charge in [-0.3, -0.25) is 9.59 Å². The normalized spacial score (nSPS) is 11.7. The Balaban J connectivity index is 1.51. The number of aliphatic carboxylic acids is 1. The lowest BCUT2D eigenvalue weighted by molar-refractivity contribution is -0.131. The summed E-state index contributed by atoms with van der Waals surface area (Å²) in [6, 6.07) is 24.5. The lowest BCUT2D eigenvalue weighted by Crippen LogP contribution is -2.19. The number of rotatable bonds is 9. The number of hydrogen-bond acceptors (Lipinski definition) is 6. The van der Waals surface area contributed by atoms with E-state index in [9.17, 15) is 14.4 Å². The van der Waals surface area contributed by atoms with Crippen molar-refractivity contribution in [3.05, 3.63) is 108 Å². The maximum atomic E-state index is 13.4. The van der Waals surface area contributed by atoms with Gasteiger partial charge in [-0.1, -0.05) is 66.2 Å². The number of thiazole rings is 1. The first-order valence-electron chi connectivity index (χ1n) is 11.2. The van der Waals surface area contributed by atoms with Gasteiger partial charge < -0.3 is 15.7 Å². The van der Waals surface area contributed by atoms with Crippen LogP contribution in [0.5, 0.6) is 0 Å². The smallest absolute Gasteiger partial charge is 0.328 e. The highest BCUT2D eigenvalue weighted by Gasteiger charge is 2.23. The molecule has 0 radical (unpaired) electrons. The standard InChI is InChI=1S/C28H23N3O4S2/c1-18-10-12-19(13-11-18)23-17-36-28(30-23)31-27(35)26(20-6-3-2-4-7-20)37-22-9-5-8-21(16-22)29-24(32)14-15-25(33)34/h2-17,26H,1H3,(H,29,32)(H,33,34)(H,30,31,35)/b15-14+. The monoisotopic (exact) mass is 529 g/mol. The molecular formula is C28H23N3O4S2. The number of carboxylic acid groups (broad SMARTS) is 1. The molecule has 0 fully saturated rings. The number of benzene rings is 3. The number of thioether (sulfide) groups is 1. The molecule has 0 spiro atoms. The maximum absolute atomic E-state index is 13.4. The lowest BCUT2D eigenvalue weighted by Gasteiger charge is -2.17. The van der Waals surface area contributed by atoms with Gasteiger partial charge in [-0.2, -0.15) is 0 Å². The van der Waals surface area contributed by atoms with Crippen LogP contribution in [0.3, 0.4) is 0 Å². The van der Waals surface area contributed by atoms with Crippen LogP contribution in [0.15, 0.2) is 101 Å². The van der Waals surface area contributed by atoms with Crippen molar-refractivity contribution in [1.29, 1.82) is 0 Å². The Morgan fingerprint density at radius 2 is 1.70 bits per heavy atom. The Morgan fingerprint density at radius 3 is 2.43 bits per heavy atom. The first-order chi connectivity index (χ1) is 17.9. The first-order valence-corrected chi connectivity index (χ1v) is 13.0. The second kappa shape index (κ2) is 12.2. The van der Waals surface area contributed by atoms with E-state index >= 15 is 0 Å². The largest absolute Gasteiger partial charge is 0.478 e. The van der Waals surface area contributed by atoms with E-state index in [-0.39, 0.29) is 5.91 Å². The van der Waals surface area contributed by atoms with Gasteiger partial charge in [0.1, 0.15) is 5.25 Å². The summed E-state index contributed by atoms with van der Waals surface area (Å²) in [4.78, 5) is 41.4. The van der Waals surface area contributed by atoms with Crippen LogP contribution in [0.1, 0.15) is 16.4 Å². The molecule has 4 aromatic rings. The molecule has 0 saturated carbocycles. The molecule has 3 aromatic carbocycles. The van der Waals surface area contributed by atoms with E-state index in [4.69, 9.17) is 5.11 Å². The zero-order chi connectivity index (χ0) is 26.2. The highest BCUT2D eigenvalue weighted by atomic mass is 32.2. The molecule has 3 N–H and O–H groups in total. The van der Waals surface area contributed by atoms with Crippen molar-refractivity contribution in [3.63, 3.8) is 0 Å². The molecule has 9 heteroatoms. The second-order valence-electron chi connectivity index (χ2n) is 7.99. The highest BCUT2D eigenvalue weighted by Crippen LogP contribution is 2.37. The van der Waals surface area contributed by atoms with Gasteiger partial charge in [0.25, 0.3) is 0 Å². The quantitative estimate of drug-likeness (QED) is 0.177. The molecule has 4 rings (SSSR count). The van der Waals surface area contributed by atoms with Gasteiger partial charge >= 0.3 is 5.97 Å². The molecule has 186 valence electrons. The molecule has 1 heterocycles. The summed E-state index contributed by atoms with van der Waals surface area (Å²) in [6.45, 7) is 2.03. The minimum Gasteiger partial charge on any atom is -0.478 e. The number of carbonyl (C=O) groups excluding carboxylic acids is 2. The number of carbonyl (C=O) groups is 3. The Kier molecular flexibility index (Phi) is 8.50. The predicted molar refractivity (Wildman–Crippen MR) is 148 cm³/mol. The van der Waals surface area contributed by atoms with Crippen molar-refractivity contribution in [2.24, 2.45) is 0 Å². The molecule has 1 unspecified atom stereocenters. The summed E-state index contributed by atoms with van der Waals surface area (Å²) >= 11 is 2.70. The summed E-state index contributed by atoms with van der Waals surface area (Å²) in [5.41, 5.74) is 4.24. The Morgan fingerprint density at radius 1 is 0.946 bits per heavy atom. The van der Waals surface area contributed by atoms with Gasteiger partial charge in [-0.15, -0.1) is 23.1 Å². The van der Waals surface area contributed by atoms with Crippen molar-refractivity contribution >= 4 is 51.7 Å². The van der Waals surface area contributed by atoms with Crippen LogP contribution < -0.4 is 10.6 Å². The summed E-state index contributed by atoms with van der Waals surface area (Å²) in [5, 5.41) is 16.1. The van der Waals surface area contributed by atoms with Crippen LogP contribution in [0.2, 0.25) is 0 Å². The minimum absolute atomic E-state index is 0.222. The summed E-state index contributed by atoms with van der Waals surface area (Å²) < 4.78 is 0. The fourth-order valence-electron chi connectivity index (χ4n) is 3.37. The van der Waals surface area contributed by atoms with E-state index in [2.05, 4.69) is 15.6 Å². The summed E-state index contributed by atoms with van der Waals surface area (Å²) in [7, 11) is 0. The lowest BCUT2D eigenvalue weighted by atomic mass is 10.1. The molecule has 0 aliphatic carbocycles. The second-order valence-corrected chi connectivity index (χ2v) is 10.0. The number of aromatic nitrogens is 1. The molecule has 2 amide bonds. The SMILES string of the molecule is Cc1ccc(-c2csc(NC(=O)C(Sc3cccc(NC(=O)/C=C/C(=O)O)c3)c3ccccc3)n2)cc1. The summed E-state index contributed by atoms with van der Waals surface area (Å²) in [5.74, 6) is -1.99. The topological polar surface area (TPSA) is 108 Å². The summed E-state index contributed by atoms with van der Waals surface area (Å²) in [6.07, 6.45) is 1.72. The molecule has 0 aliphatic rings. The predicted octanol–water partition coefficient (Wildman–Crippen LogP) is 6.17. The number of nitrogens with zero attached hydrogens (tertiary/aromatic N) is 1. The number of nitrogens with one attached hydrogen (secondary N) is 2. The Bertz CT molecular complexity index is 1430. The van der Waals surface area contributed by atoms with Crippen molar-refractivity contribution < 1.29 is 19.5 Å². The Hall–Kier alpha value is -4.21. The molecule has 1 atom stereocenters. The van der Waals surface area contributed by atoms with E-state index in [0.717, 1.165) is 39.4 Å². The zero-order valence-corrected chi connectivity index (χ0v) is 21.4. The van der Waals surface area contributed by atoms with Crippen LogP contribution in [-0.2, 0) is 14.4 Å². The van der Waals surface area contributed by atoms with Crippen LogP contribution >= 0.6 is 23.1 Å². The first kappa shape index (κ1) is 25.9. The van der Waals surface area contributed by atoms with E-state index in [1.54, 1.807) is 18.2 Å². The van der Waals surface area contributed by atoms with E-state index in [1.165, 1.54) is 23.1 Å². The fraction of sp³-hybridized carbons (Fsp3) is 0.0714. The number of carboxylic acids is 1. The minimum atomic E-state index is -1.21. The maximum Gasteiger partial charge on any atom is 0.328 e. The van der Waals surface area contributed by atoms with Crippen molar-refractivity contribution in [2.45, 2.75) is 17.1 Å². The third kappa shape index (κ3) is 7.39. The van der Waals surface area contributed by atoms with Crippen LogP contribution in [0, 0.1) is 6.92 Å². The van der Waals surface area contributed by atoms with Crippen molar-refractivity contribution in [2.75, 3.05) is 10.6 Å². The molecule has 1 aromatic heterocycles. The van der Waals surface area contributed by atoms with Crippen molar-refractivity contribution in [3.8, 4) is 11.3 Å². The highest BCUT2D eigenvalue weighted by molar-refractivity contribution is 8.00. The van der Waals surface area contributed by atoms with Crippen LogP contribution in [0.4, 0.5) is 10.8 Å². The van der Waals surface area contributed by atoms with E-state index in [0.29, 0.717) is 10.8 Å². The van der Waals surface area contributed by atoms with Gasteiger partial charge in [0.15, 0.2) is 5.13 Å². The molecule has 0 aliphatic heterocycles. The fourth-order valence-corrected chi connectivity index (χ4v) is 5.18. The average Bonchev–Trinajstić information content (AvgIpc) is 3.35. The number of aryl methyl sites for hydroxylation is 1. The molecule has 37 heavy (non-hydrogen) atoms. The van der Waals surface area contributed by atoms with Crippen LogP contribution in [-0.4, -0.2) is 27.9 Å². The van der Waals surface area contributed by atoms with Crippen LogP contribution in [0.25, 0.3) is 11.3 Å². The molecular weight excluding hydrogens is 506 g/mol. The molecule has 7 nitrogen and oxygen atoms in total. The van der Waals surface area contributed by atoms with Gasteiger partial charge in [0.05, 0.1) is 5.69 Å². The van der Waals surface area contributed by atoms with Crippen molar-refractivity contribution in [1.82, 2.24) is 4.98 Å². The van der Waals surface area contributed by atoms with Gasteiger partial charge in [-0.05, 0) is 30.7 Å². The van der Waals surface area contributed by atoms with Gasteiger partial charge in [0, 0.05) is 33.7 Å². The Labute approximate surface area is 222 Å².